The number of nitrogens with zero attached hydrogens (tertiary/aromatic N) is 7. The minimum Gasteiger partial charge on any atom is -0.450 e. The van der Waals surface area contributed by atoms with E-state index in [0.717, 1.165) is 16.8 Å². The molecule has 1 atom stereocenters. The lowest BCUT2D eigenvalue weighted by atomic mass is 10.1. The van der Waals surface area contributed by atoms with Crippen LogP contribution in [0, 0.1) is 13.8 Å². The SMILES string of the molecule is CCOC(=O)N1CCN(C(=O)C(C)n2cc(NC(=O)c3cnn4c(-c5ccc(C)cc5)ccnc34)c(C)n2)CC1. The predicted octanol–water partition coefficient (Wildman–Crippen LogP) is 3.32. The van der Waals surface area contributed by atoms with Gasteiger partial charge in [0.25, 0.3) is 5.91 Å². The van der Waals surface area contributed by atoms with Gasteiger partial charge in [0.05, 0.1) is 29.9 Å². The highest BCUT2D eigenvalue weighted by Gasteiger charge is 2.29. The first-order chi connectivity index (χ1) is 19.3. The zero-order valence-electron chi connectivity index (χ0n) is 23.0. The van der Waals surface area contributed by atoms with Crippen molar-refractivity contribution in [2.75, 3.05) is 38.1 Å². The van der Waals surface area contributed by atoms with Gasteiger partial charge in [0.1, 0.15) is 11.6 Å². The molecule has 208 valence electrons. The fourth-order valence-corrected chi connectivity index (χ4v) is 4.69. The number of amides is 3. The van der Waals surface area contributed by atoms with Crippen molar-refractivity contribution in [2.24, 2.45) is 0 Å². The summed E-state index contributed by atoms with van der Waals surface area (Å²) in [6.07, 6.45) is 4.45. The van der Waals surface area contributed by atoms with Gasteiger partial charge in [-0.3, -0.25) is 14.3 Å². The monoisotopic (exact) mass is 544 g/mol. The third-order valence-corrected chi connectivity index (χ3v) is 7.03. The van der Waals surface area contributed by atoms with Crippen molar-refractivity contribution < 1.29 is 19.1 Å². The number of anilines is 1. The van der Waals surface area contributed by atoms with Gasteiger partial charge in [0, 0.05) is 44.1 Å². The first-order valence-electron chi connectivity index (χ1n) is 13.2. The molecule has 1 aliphatic heterocycles. The Kier molecular flexibility index (Phi) is 7.50. The molecule has 4 heterocycles. The van der Waals surface area contributed by atoms with Crippen molar-refractivity contribution in [3.63, 3.8) is 0 Å². The van der Waals surface area contributed by atoms with Gasteiger partial charge in [-0.05, 0) is 33.8 Å². The van der Waals surface area contributed by atoms with E-state index in [9.17, 15) is 14.4 Å². The number of piperazine rings is 1. The highest BCUT2D eigenvalue weighted by molar-refractivity contribution is 6.08. The van der Waals surface area contributed by atoms with Crippen molar-refractivity contribution in [3.8, 4) is 11.3 Å². The molecule has 0 bridgehead atoms. The third kappa shape index (κ3) is 5.24. The van der Waals surface area contributed by atoms with Crippen molar-refractivity contribution >= 4 is 29.2 Å². The van der Waals surface area contributed by atoms with Gasteiger partial charge in [-0.1, -0.05) is 29.8 Å². The third-order valence-electron chi connectivity index (χ3n) is 7.03. The second kappa shape index (κ2) is 11.2. The van der Waals surface area contributed by atoms with E-state index in [4.69, 9.17) is 4.74 Å². The van der Waals surface area contributed by atoms with Gasteiger partial charge in [-0.25, -0.2) is 14.3 Å². The number of rotatable bonds is 6. The summed E-state index contributed by atoms with van der Waals surface area (Å²) in [6, 6.07) is 9.32. The quantitative estimate of drug-likeness (QED) is 0.395. The van der Waals surface area contributed by atoms with E-state index < -0.39 is 6.04 Å². The van der Waals surface area contributed by atoms with Crippen LogP contribution in [0.1, 0.15) is 41.5 Å². The molecule has 3 amide bonds. The zero-order chi connectivity index (χ0) is 28.4. The Hall–Kier alpha value is -4.74. The van der Waals surface area contributed by atoms with Crippen LogP contribution in [0.4, 0.5) is 10.5 Å². The molecular formula is C28H32N8O4. The lowest BCUT2D eigenvalue weighted by Crippen LogP contribution is -2.52. The number of carbonyl (C=O) groups excluding carboxylic acids is 3. The number of nitrogens with one attached hydrogen (secondary N) is 1. The summed E-state index contributed by atoms with van der Waals surface area (Å²) in [4.78, 5) is 46.1. The topological polar surface area (TPSA) is 127 Å². The second-order valence-corrected chi connectivity index (χ2v) is 9.74. The van der Waals surface area contributed by atoms with Gasteiger partial charge in [0.15, 0.2) is 5.65 Å². The number of ether oxygens (including phenoxy) is 1. The fourth-order valence-electron chi connectivity index (χ4n) is 4.69. The largest absolute Gasteiger partial charge is 0.450 e. The molecule has 0 radical (unpaired) electrons. The van der Waals surface area contributed by atoms with Crippen LogP contribution in [0.25, 0.3) is 16.9 Å². The average Bonchev–Trinajstić information content (AvgIpc) is 3.56. The number of hydrogen-bond donors (Lipinski definition) is 1. The molecule has 1 N–H and O–H groups in total. The minimum absolute atomic E-state index is 0.112. The minimum atomic E-state index is -0.589. The molecule has 1 unspecified atom stereocenters. The number of hydrogen-bond acceptors (Lipinski definition) is 7. The summed E-state index contributed by atoms with van der Waals surface area (Å²) in [5.74, 6) is -0.486. The Labute approximate surface area is 231 Å². The normalized spacial score (nSPS) is 14.3. The number of benzene rings is 1. The molecule has 0 saturated carbocycles. The fraction of sp³-hybridized carbons (Fsp3) is 0.357. The van der Waals surface area contributed by atoms with Crippen LogP contribution in [-0.2, 0) is 9.53 Å². The van der Waals surface area contributed by atoms with Gasteiger partial charge < -0.3 is 19.9 Å². The van der Waals surface area contributed by atoms with Crippen LogP contribution in [-0.4, -0.2) is 84.9 Å². The Morgan fingerprint density at radius 2 is 1.73 bits per heavy atom. The first-order valence-corrected chi connectivity index (χ1v) is 13.2. The van der Waals surface area contributed by atoms with Crippen molar-refractivity contribution in [3.05, 3.63) is 65.7 Å². The highest BCUT2D eigenvalue weighted by Crippen LogP contribution is 2.23. The summed E-state index contributed by atoms with van der Waals surface area (Å²) in [6.45, 7) is 9.29. The highest BCUT2D eigenvalue weighted by atomic mass is 16.6. The predicted molar refractivity (Wildman–Crippen MR) is 148 cm³/mol. The Balaban J connectivity index is 1.28. The summed E-state index contributed by atoms with van der Waals surface area (Å²) < 4.78 is 8.25. The van der Waals surface area contributed by atoms with Crippen molar-refractivity contribution in [2.45, 2.75) is 33.7 Å². The molecule has 12 nitrogen and oxygen atoms in total. The summed E-state index contributed by atoms with van der Waals surface area (Å²) in [5, 5.41) is 11.8. The van der Waals surface area contributed by atoms with E-state index in [0.29, 0.717) is 55.4 Å². The molecule has 40 heavy (non-hydrogen) atoms. The molecule has 1 aliphatic rings. The van der Waals surface area contributed by atoms with Gasteiger partial charge in [-0.2, -0.15) is 10.2 Å². The molecule has 4 aromatic rings. The second-order valence-electron chi connectivity index (χ2n) is 9.74. The summed E-state index contributed by atoms with van der Waals surface area (Å²) >= 11 is 0. The smallest absolute Gasteiger partial charge is 0.409 e. The molecule has 3 aromatic heterocycles. The van der Waals surface area contributed by atoms with Crippen LogP contribution in [0.2, 0.25) is 0 Å². The number of aryl methyl sites for hydroxylation is 2. The van der Waals surface area contributed by atoms with Gasteiger partial charge in [0.2, 0.25) is 5.91 Å². The van der Waals surface area contributed by atoms with E-state index in [-0.39, 0.29) is 17.9 Å². The van der Waals surface area contributed by atoms with Crippen LogP contribution in [0.5, 0.6) is 0 Å². The van der Waals surface area contributed by atoms with Gasteiger partial charge >= 0.3 is 6.09 Å². The van der Waals surface area contributed by atoms with E-state index in [1.54, 1.807) is 52.2 Å². The van der Waals surface area contributed by atoms with Crippen molar-refractivity contribution in [1.82, 2.24) is 34.2 Å². The number of fused-ring (bicyclic) bond motifs is 1. The van der Waals surface area contributed by atoms with Crippen molar-refractivity contribution in [1.29, 1.82) is 0 Å². The van der Waals surface area contributed by atoms with Gasteiger partial charge in [-0.15, -0.1) is 0 Å². The van der Waals surface area contributed by atoms with E-state index >= 15 is 0 Å². The molecule has 0 spiro atoms. The van der Waals surface area contributed by atoms with Crippen LogP contribution in [0.15, 0.2) is 48.9 Å². The summed E-state index contributed by atoms with van der Waals surface area (Å²) in [7, 11) is 0. The lowest BCUT2D eigenvalue weighted by Gasteiger charge is -2.35. The molecular weight excluding hydrogens is 512 g/mol. The molecule has 12 heteroatoms. The maximum atomic E-state index is 13.3. The Bertz CT molecular complexity index is 1550. The maximum absolute atomic E-state index is 13.3. The molecule has 1 aromatic carbocycles. The van der Waals surface area contributed by atoms with E-state index in [1.807, 2.05) is 37.3 Å². The Morgan fingerprint density at radius 3 is 2.42 bits per heavy atom. The van der Waals surface area contributed by atoms with E-state index in [1.165, 1.54) is 6.20 Å². The number of aromatic nitrogens is 5. The molecule has 5 rings (SSSR count). The number of carbonyl (C=O) groups is 3. The van der Waals surface area contributed by atoms with Crippen LogP contribution < -0.4 is 5.32 Å². The zero-order valence-corrected chi connectivity index (χ0v) is 23.0. The maximum Gasteiger partial charge on any atom is 0.409 e. The average molecular weight is 545 g/mol. The van der Waals surface area contributed by atoms with E-state index in [2.05, 4.69) is 20.5 Å². The summed E-state index contributed by atoms with van der Waals surface area (Å²) in [5.41, 5.74) is 4.76. The molecule has 0 aliphatic carbocycles. The molecule has 1 saturated heterocycles. The standard InChI is InChI=1S/C28H32N8O4/c1-5-40-28(39)34-14-12-33(13-15-34)27(38)20(4)35-17-23(19(3)32-35)31-26(37)22-16-30-36-24(10-11-29-25(22)36)21-8-6-18(2)7-9-21/h6-11,16-17,20H,5,12-15H2,1-4H3,(H,31,37). The first kappa shape index (κ1) is 26.9. The van der Waals surface area contributed by atoms with Crippen LogP contribution >= 0.6 is 0 Å². The van der Waals surface area contributed by atoms with Crippen LogP contribution in [0.3, 0.4) is 0 Å². The molecule has 1 fully saturated rings. The Morgan fingerprint density at radius 1 is 1.02 bits per heavy atom. The lowest BCUT2D eigenvalue weighted by molar-refractivity contribution is -0.136.